The number of hydrogen-bond donors (Lipinski definition) is 3. The van der Waals surface area contributed by atoms with E-state index in [4.69, 9.17) is 30.8 Å². The van der Waals surface area contributed by atoms with Crippen LogP contribution in [0.3, 0.4) is 0 Å². The molecule has 0 saturated heterocycles. The summed E-state index contributed by atoms with van der Waals surface area (Å²) in [6.45, 7) is 1.02. The van der Waals surface area contributed by atoms with Crippen molar-refractivity contribution in [2.45, 2.75) is 0 Å². The molecular weight excluding hydrogens is 209 g/mol. The zero-order chi connectivity index (χ0) is 10.9. The summed E-state index contributed by atoms with van der Waals surface area (Å²) in [4.78, 5) is 0. The van der Waals surface area contributed by atoms with Gasteiger partial charge in [0.15, 0.2) is 0 Å². The van der Waals surface area contributed by atoms with Crippen LogP contribution < -0.4 is 17.2 Å². The summed E-state index contributed by atoms with van der Waals surface area (Å²) in [6, 6.07) is 0. The molecule has 0 amide bonds. The third-order valence-corrected chi connectivity index (χ3v) is 2.60. The van der Waals surface area contributed by atoms with E-state index in [9.17, 15) is 4.57 Å². The summed E-state index contributed by atoms with van der Waals surface area (Å²) in [6.07, 6.45) is 0. The molecule has 0 aromatic heterocycles. The van der Waals surface area contributed by atoms with E-state index in [-0.39, 0.29) is 39.5 Å². The van der Waals surface area contributed by atoms with Crippen molar-refractivity contribution >= 4 is 7.82 Å². The van der Waals surface area contributed by atoms with Crippen molar-refractivity contribution in [3.8, 4) is 0 Å². The molecule has 0 radical (unpaired) electrons. The quantitative estimate of drug-likeness (QED) is 0.432. The first-order valence-corrected chi connectivity index (χ1v) is 5.78. The highest BCUT2D eigenvalue weighted by atomic mass is 31.2. The van der Waals surface area contributed by atoms with Gasteiger partial charge in [0.1, 0.15) is 0 Å². The van der Waals surface area contributed by atoms with E-state index in [0.29, 0.717) is 0 Å². The van der Waals surface area contributed by atoms with E-state index in [0.717, 1.165) is 0 Å². The summed E-state index contributed by atoms with van der Waals surface area (Å²) >= 11 is 0. The summed E-state index contributed by atoms with van der Waals surface area (Å²) in [5.74, 6) is 0. The maximum Gasteiger partial charge on any atom is 0.474 e. The molecular formula is C6H18N3O4P. The monoisotopic (exact) mass is 227 g/mol. The lowest BCUT2D eigenvalue weighted by Crippen LogP contribution is -2.15. The standard InChI is InChI=1S/C6H18N3O4P/c7-1-4-11-14(10,12-5-2-8)13-6-3-9/h1-9H2. The molecule has 0 spiro atoms. The predicted octanol–water partition coefficient (Wildman–Crippen LogP) is -0.980. The fourth-order valence-corrected chi connectivity index (χ4v) is 1.82. The van der Waals surface area contributed by atoms with Crippen molar-refractivity contribution in [2.24, 2.45) is 17.2 Å². The highest BCUT2D eigenvalue weighted by molar-refractivity contribution is 7.48. The highest BCUT2D eigenvalue weighted by Crippen LogP contribution is 2.48. The largest absolute Gasteiger partial charge is 0.474 e. The molecule has 0 aliphatic heterocycles. The van der Waals surface area contributed by atoms with Crippen LogP contribution in [0.4, 0.5) is 0 Å². The molecule has 0 fully saturated rings. The van der Waals surface area contributed by atoms with Crippen molar-refractivity contribution in [1.82, 2.24) is 0 Å². The molecule has 0 aliphatic carbocycles. The van der Waals surface area contributed by atoms with Gasteiger partial charge in [-0.3, -0.25) is 13.6 Å². The fraction of sp³-hybridized carbons (Fsp3) is 1.00. The van der Waals surface area contributed by atoms with Gasteiger partial charge >= 0.3 is 7.82 Å². The minimum Gasteiger partial charge on any atom is -0.328 e. The Balaban J connectivity index is 3.97. The summed E-state index contributed by atoms with van der Waals surface area (Å²) < 4.78 is 26.2. The van der Waals surface area contributed by atoms with Gasteiger partial charge in [0, 0.05) is 19.6 Å². The Morgan fingerprint density at radius 3 is 1.29 bits per heavy atom. The van der Waals surface area contributed by atoms with Gasteiger partial charge in [0.25, 0.3) is 0 Å². The Morgan fingerprint density at radius 2 is 1.07 bits per heavy atom. The molecule has 7 nitrogen and oxygen atoms in total. The minimum atomic E-state index is -3.51. The molecule has 0 rings (SSSR count). The van der Waals surface area contributed by atoms with Crippen LogP contribution in [0.5, 0.6) is 0 Å². The smallest absolute Gasteiger partial charge is 0.328 e. The maximum atomic E-state index is 11.7. The van der Waals surface area contributed by atoms with Gasteiger partial charge in [0.05, 0.1) is 19.8 Å². The van der Waals surface area contributed by atoms with Gasteiger partial charge in [-0.05, 0) is 0 Å². The molecule has 6 N–H and O–H groups in total. The van der Waals surface area contributed by atoms with Gasteiger partial charge in [-0.2, -0.15) is 0 Å². The van der Waals surface area contributed by atoms with Crippen LogP contribution >= 0.6 is 7.82 Å². The Hall–Kier alpha value is -0.0100. The van der Waals surface area contributed by atoms with Crippen LogP contribution in [0.25, 0.3) is 0 Å². The molecule has 86 valence electrons. The number of rotatable bonds is 9. The molecule has 0 bridgehead atoms. The van der Waals surface area contributed by atoms with Crippen LogP contribution in [-0.2, 0) is 18.1 Å². The lowest BCUT2D eigenvalue weighted by Gasteiger charge is -2.16. The van der Waals surface area contributed by atoms with E-state index in [1.165, 1.54) is 0 Å². The average molecular weight is 227 g/mol. The van der Waals surface area contributed by atoms with E-state index in [1.807, 2.05) is 0 Å². The van der Waals surface area contributed by atoms with Gasteiger partial charge < -0.3 is 17.2 Å². The van der Waals surface area contributed by atoms with Crippen LogP contribution in [0.2, 0.25) is 0 Å². The van der Waals surface area contributed by atoms with Crippen LogP contribution in [-0.4, -0.2) is 39.5 Å². The molecule has 0 aliphatic rings. The second kappa shape index (κ2) is 8.31. The first-order valence-electron chi connectivity index (χ1n) is 4.32. The zero-order valence-corrected chi connectivity index (χ0v) is 8.95. The van der Waals surface area contributed by atoms with Crippen LogP contribution in [0.1, 0.15) is 0 Å². The van der Waals surface area contributed by atoms with Crippen molar-refractivity contribution in [2.75, 3.05) is 39.5 Å². The molecule has 0 heterocycles. The lowest BCUT2D eigenvalue weighted by atomic mass is 10.8. The van der Waals surface area contributed by atoms with E-state index >= 15 is 0 Å². The topological polar surface area (TPSA) is 123 Å². The Bertz CT molecular complexity index is 152. The Kier molecular flexibility index (Phi) is 8.30. The second-order valence-corrected chi connectivity index (χ2v) is 3.98. The van der Waals surface area contributed by atoms with E-state index < -0.39 is 7.82 Å². The number of hydrogen-bond acceptors (Lipinski definition) is 7. The van der Waals surface area contributed by atoms with Crippen molar-refractivity contribution in [3.63, 3.8) is 0 Å². The second-order valence-electron chi connectivity index (χ2n) is 2.31. The zero-order valence-electron chi connectivity index (χ0n) is 8.05. The third kappa shape index (κ3) is 6.44. The molecule has 8 heteroatoms. The SMILES string of the molecule is NCCOP(=O)(OCCN)OCCN. The van der Waals surface area contributed by atoms with Crippen molar-refractivity contribution in [3.05, 3.63) is 0 Å². The minimum absolute atomic E-state index is 0.104. The molecule has 0 saturated carbocycles. The summed E-state index contributed by atoms with van der Waals surface area (Å²) in [5.41, 5.74) is 15.6. The molecule has 0 aromatic rings. The van der Waals surface area contributed by atoms with E-state index in [2.05, 4.69) is 0 Å². The predicted molar refractivity (Wildman–Crippen MR) is 52.6 cm³/mol. The highest BCUT2D eigenvalue weighted by Gasteiger charge is 2.25. The van der Waals surface area contributed by atoms with Crippen LogP contribution in [0, 0.1) is 0 Å². The van der Waals surface area contributed by atoms with Crippen LogP contribution in [0.15, 0.2) is 0 Å². The fourth-order valence-electron chi connectivity index (χ4n) is 0.605. The van der Waals surface area contributed by atoms with Crippen molar-refractivity contribution < 1.29 is 18.1 Å². The lowest BCUT2D eigenvalue weighted by molar-refractivity contribution is 0.120. The Labute approximate surface area is 83.5 Å². The molecule has 0 atom stereocenters. The third-order valence-electron chi connectivity index (χ3n) is 1.10. The van der Waals surface area contributed by atoms with E-state index in [1.54, 1.807) is 0 Å². The normalized spacial score (nSPS) is 11.9. The molecule has 0 unspecified atom stereocenters. The maximum absolute atomic E-state index is 11.7. The van der Waals surface area contributed by atoms with Gasteiger partial charge in [-0.1, -0.05) is 0 Å². The molecule has 0 aromatic carbocycles. The van der Waals surface area contributed by atoms with Gasteiger partial charge in [-0.15, -0.1) is 0 Å². The average Bonchev–Trinajstić information content (AvgIpc) is 2.21. The summed E-state index contributed by atoms with van der Waals surface area (Å²) in [5, 5.41) is 0. The van der Waals surface area contributed by atoms with Crippen molar-refractivity contribution in [1.29, 1.82) is 0 Å². The summed E-state index contributed by atoms with van der Waals surface area (Å²) in [7, 11) is -3.51. The van der Waals surface area contributed by atoms with Gasteiger partial charge in [0.2, 0.25) is 0 Å². The number of phosphoric ester groups is 1. The Morgan fingerprint density at radius 1 is 0.786 bits per heavy atom. The molecule has 14 heavy (non-hydrogen) atoms. The number of phosphoric acid groups is 1. The number of nitrogens with two attached hydrogens (primary N) is 3. The van der Waals surface area contributed by atoms with Gasteiger partial charge in [-0.25, -0.2) is 4.57 Å². The first kappa shape index (κ1) is 14.0. The first-order chi connectivity index (χ1) is 6.68.